The minimum absolute atomic E-state index is 0.0915. The molecule has 0 fully saturated rings. The normalized spacial score (nSPS) is 14.7. The molecule has 1 aliphatic heterocycles. The van der Waals surface area contributed by atoms with E-state index in [0.717, 1.165) is 6.42 Å². The molecule has 1 aromatic heterocycles. The van der Waals surface area contributed by atoms with Gasteiger partial charge in [-0.2, -0.15) is 4.72 Å². The summed E-state index contributed by atoms with van der Waals surface area (Å²) in [7, 11) is -0.512. The Hall–Kier alpha value is -3.04. The fourth-order valence-corrected chi connectivity index (χ4v) is 4.48. The fourth-order valence-electron chi connectivity index (χ4n) is 3.28. The van der Waals surface area contributed by atoms with Crippen LogP contribution in [0, 0.1) is 0 Å². The highest BCUT2D eigenvalue weighted by Crippen LogP contribution is 2.33. The number of aromatic nitrogens is 2. The van der Waals surface area contributed by atoms with Gasteiger partial charge in [-0.15, -0.1) is 0 Å². The summed E-state index contributed by atoms with van der Waals surface area (Å²) in [5.41, 5.74) is 0.710. The second-order valence-electron chi connectivity index (χ2n) is 6.89. The first-order chi connectivity index (χ1) is 14.5. The van der Waals surface area contributed by atoms with Crippen LogP contribution < -0.4 is 18.9 Å². The van der Waals surface area contributed by atoms with Crippen molar-refractivity contribution in [2.24, 2.45) is 7.05 Å². The quantitative estimate of drug-likeness (QED) is 0.648. The summed E-state index contributed by atoms with van der Waals surface area (Å²) in [6.45, 7) is 1.01. The molecular weight excluding hydrogens is 406 g/mol. The number of hydrogen-bond acceptors (Lipinski definition) is 6. The van der Waals surface area contributed by atoms with Crippen molar-refractivity contribution < 1.29 is 22.6 Å². The Morgan fingerprint density at radius 3 is 2.67 bits per heavy atom. The average Bonchev–Trinajstić information content (AvgIpc) is 3.03. The molecule has 0 amide bonds. The maximum absolute atomic E-state index is 13.3. The monoisotopic (exact) mass is 429 g/mol. The minimum atomic E-state index is -3.90. The molecule has 2 aromatic carbocycles. The zero-order chi connectivity index (χ0) is 21.1. The van der Waals surface area contributed by atoms with Gasteiger partial charge in [0.05, 0.1) is 25.2 Å². The summed E-state index contributed by atoms with van der Waals surface area (Å²) in [6, 6.07) is 11.1. The van der Waals surface area contributed by atoms with Crippen LogP contribution in [-0.4, -0.2) is 38.3 Å². The molecule has 0 unspecified atom stereocenters. The topological polar surface area (TPSA) is 91.7 Å². The third-order valence-electron chi connectivity index (χ3n) is 4.85. The molecule has 0 spiro atoms. The molecule has 1 aliphatic rings. The van der Waals surface area contributed by atoms with Crippen LogP contribution in [0.5, 0.6) is 17.2 Å². The van der Waals surface area contributed by atoms with Gasteiger partial charge in [0.15, 0.2) is 11.5 Å². The van der Waals surface area contributed by atoms with E-state index in [-0.39, 0.29) is 4.90 Å². The molecule has 3 aromatic rings. The van der Waals surface area contributed by atoms with Gasteiger partial charge in [-0.1, -0.05) is 12.1 Å². The van der Waals surface area contributed by atoms with Gasteiger partial charge < -0.3 is 18.8 Å². The van der Waals surface area contributed by atoms with Gasteiger partial charge in [0.25, 0.3) is 0 Å². The first kappa shape index (κ1) is 20.2. The largest absolute Gasteiger partial charge is 0.497 e. The van der Waals surface area contributed by atoms with Crippen LogP contribution >= 0.6 is 0 Å². The van der Waals surface area contributed by atoms with Crippen LogP contribution in [0.25, 0.3) is 0 Å². The lowest BCUT2D eigenvalue weighted by molar-refractivity contribution is 0.297. The molecule has 0 bridgehead atoms. The number of benzene rings is 2. The van der Waals surface area contributed by atoms with E-state index in [9.17, 15) is 8.42 Å². The van der Waals surface area contributed by atoms with E-state index in [1.54, 1.807) is 42.3 Å². The molecule has 1 atom stereocenters. The Morgan fingerprint density at radius 2 is 1.93 bits per heavy atom. The molecule has 9 heteroatoms. The second-order valence-corrected chi connectivity index (χ2v) is 8.60. The number of nitrogens with zero attached hydrogens (tertiary/aromatic N) is 2. The van der Waals surface area contributed by atoms with Gasteiger partial charge in [0.1, 0.15) is 17.6 Å². The molecule has 158 valence electrons. The van der Waals surface area contributed by atoms with E-state index in [4.69, 9.17) is 14.2 Å². The number of rotatable bonds is 6. The zero-order valence-electron chi connectivity index (χ0n) is 16.7. The first-order valence-corrected chi connectivity index (χ1v) is 11.0. The van der Waals surface area contributed by atoms with Crippen molar-refractivity contribution in [3.8, 4) is 17.2 Å². The lowest BCUT2D eigenvalue weighted by Gasteiger charge is -2.20. The van der Waals surface area contributed by atoms with E-state index in [2.05, 4.69) is 9.71 Å². The smallest absolute Gasteiger partial charge is 0.241 e. The Morgan fingerprint density at radius 1 is 1.13 bits per heavy atom. The van der Waals surface area contributed by atoms with Gasteiger partial charge in [-0.3, -0.25) is 0 Å². The molecule has 2 heterocycles. The van der Waals surface area contributed by atoms with Crippen molar-refractivity contribution in [3.63, 3.8) is 0 Å². The molecule has 1 N–H and O–H groups in total. The lowest BCUT2D eigenvalue weighted by atomic mass is 10.1. The summed E-state index contributed by atoms with van der Waals surface area (Å²) in [5.74, 6) is 2.15. The third kappa shape index (κ3) is 4.12. The molecule has 0 aliphatic carbocycles. The first-order valence-electron chi connectivity index (χ1n) is 9.51. The highest BCUT2D eigenvalue weighted by atomic mass is 32.2. The number of hydrogen-bond donors (Lipinski definition) is 1. The third-order valence-corrected chi connectivity index (χ3v) is 6.27. The Balaban J connectivity index is 1.72. The van der Waals surface area contributed by atoms with Gasteiger partial charge in [0, 0.05) is 31.9 Å². The van der Waals surface area contributed by atoms with Crippen molar-refractivity contribution >= 4 is 10.0 Å². The summed E-state index contributed by atoms with van der Waals surface area (Å²) in [5, 5.41) is 0. The van der Waals surface area contributed by atoms with Crippen LogP contribution in [0.1, 0.15) is 23.9 Å². The lowest BCUT2D eigenvalue weighted by Crippen LogP contribution is -2.31. The van der Waals surface area contributed by atoms with Crippen LogP contribution in [0.4, 0.5) is 0 Å². The number of nitrogens with one attached hydrogen (secondary N) is 1. The van der Waals surface area contributed by atoms with E-state index < -0.39 is 16.1 Å². The molecule has 0 saturated heterocycles. The predicted octanol–water partition coefficient (Wildman–Crippen LogP) is 2.66. The van der Waals surface area contributed by atoms with Gasteiger partial charge in [-0.25, -0.2) is 13.4 Å². The number of fused-ring (bicyclic) bond motifs is 1. The van der Waals surface area contributed by atoms with Crippen LogP contribution in [-0.2, 0) is 17.1 Å². The zero-order valence-corrected chi connectivity index (χ0v) is 17.6. The summed E-state index contributed by atoms with van der Waals surface area (Å²) < 4.78 is 47.7. The molecule has 0 saturated carbocycles. The van der Waals surface area contributed by atoms with Gasteiger partial charge >= 0.3 is 0 Å². The maximum atomic E-state index is 13.3. The molecule has 0 radical (unpaired) electrons. The van der Waals surface area contributed by atoms with Crippen molar-refractivity contribution in [2.75, 3.05) is 20.3 Å². The summed E-state index contributed by atoms with van der Waals surface area (Å²) >= 11 is 0. The molecule has 8 nitrogen and oxygen atoms in total. The van der Waals surface area contributed by atoms with E-state index >= 15 is 0 Å². The Kier molecular flexibility index (Phi) is 5.65. The number of ether oxygens (including phenoxy) is 3. The number of imidazole rings is 1. The van der Waals surface area contributed by atoms with Crippen molar-refractivity contribution in [1.29, 1.82) is 0 Å². The van der Waals surface area contributed by atoms with Crippen LogP contribution in [0.15, 0.2) is 59.8 Å². The fraction of sp³-hybridized carbons (Fsp3) is 0.286. The maximum Gasteiger partial charge on any atom is 0.241 e. The highest BCUT2D eigenvalue weighted by Gasteiger charge is 2.27. The standard InChI is InChI=1S/C21H23N3O5S/c1-24-10-9-22-21(24)20(15-5-3-6-16(13-15)27-2)23-30(25,26)17-7-8-18-19(14-17)29-12-4-11-28-18/h3,5-10,13-14,20,23H,4,11-12H2,1-2H3/t20-/m0/s1. The Labute approximate surface area is 175 Å². The average molecular weight is 429 g/mol. The summed E-state index contributed by atoms with van der Waals surface area (Å²) in [6.07, 6.45) is 4.14. The number of aryl methyl sites for hydroxylation is 1. The Bertz CT molecular complexity index is 1140. The van der Waals surface area contributed by atoms with Gasteiger partial charge in [0.2, 0.25) is 10.0 Å². The highest BCUT2D eigenvalue weighted by molar-refractivity contribution is 7.89. The molecule has 30 heavy (non-hydrogen) atoms. The minimum Gasteiger partial charge on any atom is -0.497 e. The van der Waals surface area contributed by atoms with Crippen LogP contribution in [0.3, 0.4) is 0 Å². The van der Waals surface area contributed by atoms with Crippen LogP contribution in [0.2, 0.25) is 0 Å². The van der Waals surface area contributed by atoms with Crippen molar-refractivity contribution in [3.05, 3.63) is 66.2 Å². The molecule has 4 rings (SSSR count). The van der Waals surface area contributed by atoms with E-state index in [1.165, 1.54) is 12.1 Å². The van der Waals surface area contributed by atoms with E-state index in [1.807, 2.05) is 19.2 Å². The van der Waals surface area contributed by atoms with E-state index in [0.29, 0.717) is 41.9 Å². The van der Waals surface area contributed by atoms with Crippen molar-refractivity contribution in [1.82, 2.24) is 14.3 Å². The van der Waals surface area contributed by atoms with Crippen molar-refractivity contribution in [2.45, 2.75) is 17.4 Å². The predicted molar refractivity (Wildman–Crippen MR) is 110 cm³/mol. The second kappa shape index (κ2) is 8.37. The number of sulfonamides is 1. The number of methoxy groups -OCH3 is 1. The summed E-state index contributed by atoms with van der Waals surface area (Å²) in [4.78, 5) is 4.45. The van der Waals surface area contributed by atoms with Gasteiger partial charge in [-0.05, 0) is 29.8 Å². The SMILES string of the molecule is COc1cccc([C@H](NS(=O)(=O)c2ccc3c(c2)OCCCO3)c2nccn2C)c1. The molecular formula is C21H23N3O5S.